The van der Waals surface area contributed by atoms with Crippen LogP contribution in [0.25, 0.3) is 0 Å². The summed E-state index contributed by atoms with van der Waals surface area (Å²) < 4.78 is 35.3. The van der Waals surface area contributed by atoms with E-state index in [1.807, 2.05) is 6.92 Å². The molecule has 0 radical (unpaired) electrons. The number of carboxylic acids is 2. The summed E-state index contributed by atoms with van der Waals surface area (Å²) in [5.74, 6) is -4.16. The maximum Gasteiger partial charge on any atom is 0.341 e. The molecule has 434 valence electrons. The Morgan fingerprint density at radius 1 is 0.718 bits per heavy atom. The van der Waals surface area contributed by atoms with Crippen molar-refractivity contribution in [2.75, 3.05) is 27.4 Å². The predicted molar refractivity (Wildman–Crippen MR) is 279 cm³/mol. The van der Waals surface area contributed by atoms with Gasteiger partial charge in [-0.3, -0.25) is 9.59 Å². The molecular formula is C61H88O17. The fourth-order valence-electron chi connectivity index (χ4n) is 22.5. The summed E-state index contributed by atoms with van der Waals surface area (Å²) in [4.78, 5) is 52.3. The Kier molecular flexibility index (Phi) is 13.4. The van der Waals surface area contributed by atoms with Crippen LogP contribution in [0, 0.1) is 91.2 Å². The topological polar surface area (TPSA) is 265 Å². The molecule has 3 aliphatic heterocycles. The maximum absolute atomic E-state index is 14.2. The molecule has 24 atom stereocenters. The van der Waals surface area contributed by atoms with E-state index in [1.54, 1.807) is 12.1 Å². The van der Waals surface area contributed by atoms with Gasteiger partial charge in [-0.05, 0) is 177 Å². The van der Waals surface area contributed by atoms with E-state index in [1.165, 1.54) is 14.2 Å². The highest BCUT2D eigenvalue weighted by molar-refractivity contribution is 5.97. The number of carbonyl (C=O) groups is 4. The summed E-state index contributed by atoms with van der Waals surface area (Å²) in [6, 6.07) is 3.39. The normalized spacial score (nSPS) is 51.7. The number of hydrogen-bond donors (Lipinski definition) is 7. The number of carboxylic acid groups (broad SMARTS) is 2. The van der Waals surface area contributed by atoms with Gasteiger partial charge in [0, 0.05) is 42.6 Å². The van der Waals surface area contributed by atoms with E-state index >= 15 is 0 Å². The second kappa shape index (κ2) is 18.5. The number of methoxy groups -OCH3 is 2. The Morgan fingerprint density at radius 2 is 1.33 bits per heavy atom. The number of aliphatic hydroxyl groups excluding tert-OH is 4. The number of aliphatic hydroxyl groups is 5. The van der Waals surface area contributed by atoms with Gasteiger partial charge in [0.25, 0.3) is 0 Å². The zero-order valence-corrected chi connectivity index (χ0v) is 47.5. The van der Waals surface area contributed by atoms with Crippen LogP contribution in [-0.4, -0.2) is 129 Å². The molecule has 0 spiro atoms. The average molecular weight is 1090 g/mol. The fourth-order valence-corrected chi connectivity index (χ4v) is 22.5. The van der Waals surface area contributed by atoms with Gasteiger partial charge in [0.1, 0.15) is 29.7 Å². The van der Waals surface area contributed by atoms with E-state index in [2.05, 4.69) is 48.5 Å². The lowest BCUT2D eigenvalue weighted by Gasteiger charge is -2.78. The van der Waals surface area contributed by atoms with E-state index < -0.39 is 93.7 Å². The van der Waals surface area contributed by atoms with Crippen LogP contribution in [0.2, 0.25) is 0 Å². The van der Waals surface area contributed by atoms with Crippen LogP contribution < -0.4 is 4.74 Å². The monoisotopic (exact) mass is 1090 g/mol. The molecular weight excluding hydrogens is 1000 g/mol. The van der Waals surface area contributed by atoms with Crippen LogP contribution in [0.4, 0.5) is 0 Å². The molecule has 8 fully saturated rings. The van der Waals surface area contributed by atoms with Crippen molar-refractivity contribution in [1.82, 2.24) is 0 Å². The molecule has 17 nitrogen and oxygen atoms in total. The van der Waals surface area contributed by atoms with Gasteiger partial charge in [0.2, 0.25) is 5.79 Å². The highest BCUT2D eigenvalue weighted by Crippen LogP contribution is 2.82. The summed E-state index contributed by atoms with van der Waals surface area (Å²) in [5, 5.41) is 78.4. The number of carbonyl (C=O) groups excluding carboxylic acids is 2. The van der Waals surface area contributed by atoms with Crippen molar-refractivity contribution in [3.8, 4) is 5.75 Å². The van der Waals surface area contributed by atoms with Crippen molar-refractivity contribution in [1.29, 1.82) is 0 Å². The highest BCUT2D eigenvalue weighted by atomic mass is 16.7. The van der Waals surface area contributed by atoms with Gasteiger partial charge in [-0.1, -0.05) is 48.5 Å². The van der Waals surface area contributed by atoms with Crippen LogP contribution in [0.1, 0.15) is 167 Å². The van der Waals surface area contributed by atoms with Crippen molar-refractivity contribution >= 4 is 23.9 Å². The molecule has 24 unspecified atom stereocenters. The van der Waals surface area contributed by atoms with Gasteiger partial charge in [-0.2, -0.15) is 0 Å². The van der Waals surface area contributed by atoms with E-state index in [0.29, 0.717) is 60.8 Å². The van der Waals surface area contributed by atoms with Gasteiger partial charge in [0.05, 0.1) is 37.2 Å². The summed E-state index contributed by atoms with van der Waals surface area (Å²) in [6.07, 6.45) is 1.29. The summed E-state index contributed by atoms with van der Waals surface area (Å²) >= 11 is 0. The lowest BCUT2D eigenvalue weighted by Crippen LogP contribution is -2.73. The van der Waals surface area contributed by atoms with Gasteiger partial charge in [-0.15, -0.1) is 0 Å². The third-order valence-corrected chi connectivity index (χ3v) is 26.1. The number of cyclic esters (lactones) is 1. The Morgan fingerprint density at radius 3 is 1.96 bits per heavy atom. The number of esters is 2. The van der Waals surface area contributed by atoms with Crippen LogP contribution in [-0.2, 0) is 50.3 Å². The van der Waals surface area contributed by atoms with Gasteiger partial charge >= 0.3 is 23.9 Å². The first-order valence-electron chi connectivity index (χ1n) is 29.3. The molecule has 3 heterocycles. The molecule has 1 saturated heterocycles. The Bertz CT molecular complexity index is 2610. The molecule has 0 bridgehead atoms. The van der Waals surface area contributed by atoms with Crippen molar-refractivity contribution < 1.29 is 83.3 Å². The minimum atomic E-state index is -2.01. The Hall–Kier alpha value is -3.42. The van der Waals surface area contributed by atoms with Gasteiger partial charge in [-0.25, -0.2) is 9.59 Å². The molecule has 78 heavy (non-hydrogen) atoms. The Labute approximate surface area is 458 Å². The van der Waals surface area contributed by atoms with Crippen molar-refractivity contribution in [3.05, 3.63) is 28.8 Å². The lowest BCUT2D eigenvalue weighted by atomic mass is 9.27. The third-order valence-electron chi connectivity index (χ3n) is 26.1. The minimum absolute atomic E-state index is 0.000783. The van der Waals surface area contributed by atoms with Crippen molar-refractivity contribution in [3.63, 3.8) is 0 Å². The largest absolute Gasteiger partial charge is 0.484 e. The number of hydrogen-bond acceptors (Lipinski definition) is 15. The predicted octanol–water partition coefficient (Wildman–Crippen LogP) is 7.02. The second-order valence-electron chi connectivity index (χ2n) is 28.5. The quantitative estimate of drug-likeness (QED) is 0.0917. The summed E-state index contributed by atoms with van der Waals surface area (Å²) in [5.41, 5.74) is -2.68. The van der Waals surface area contributed by atoms with Crippen molar-refractivity contribution in [2.24, 2.45) is 91.2 Å². The highest BCUT2D eigenvalue weighted by Gasteiger charge is 2.77. The maximum atomic E-state index is 14.2. The lowest BCUT2D eigenvalue weighted by molar-refractivity contribution is -0.326. The molecule has 1 aromatic carbocycles. The number of benzene rings is 1. The van der Waals surface area contributed by atoms with E-state index in [-0.39, 0.29) is 89.3 Å². The molecule has 10 aliphatic rings. The van der Waals surface area contributed by atoms with Gasteiger partial charge in [0.15, 0.2) is 12.4 Å². The van der Waals surface area contributed by atoms with Crippen LogP contribution in [0.5, 0.6) is 5.75 Å². The first-order valence-corrected chi connectivity index (χ1v) is 29.3. The molecule has 7 aliphatic carbocycles. The van der Waals surface area contributed by atoms with E-state index in [4.69, 9.17) is 28.4 Å². The number of ether oxygens (including phenoxy) is 6. The number of fused-ring (bicyclic) bond motifs is 16. The molecule has 11 rings (SSSR count). The second-order valence-corrected chi connectivity index (χ2v) is 28.5. The van der Waals surface area contributed by atoms with Crippen LogP contribution in [0.15, 0.2) is 12.1 Å². The SMILES string of the molecule is COC(=O)CCC1(O)OC(=O)c2c1ccc1c2CC2C(CO)(CCC3C2(C)CCC2C4(C)CCC5C6(C)CC(C)(C(=O)O)C7CC(OC8OC(C(=O)O)C(O)C(O)C8OC)CC(C)C7(C)C6CC(C)C5(C)C4CCC32CO)O1. The first kappa shape index (κ1) is 56.4. The smallest absolute Gasteiger partial charge is 0.341 e. The molecule has 7 N–H and O–H groups in total. The molecule has 0 aromatic heterocycles. The molecule has 1 aromatic rings. The van der Waals surface area contributed by atoms with E-state index in [9.17, 15) is 54.9 Å². The summed E-state index contributed by atoms with van der Waals surface area (Å²) in [7, 11) is 2.61. The van der Waals surface area contributed by atoms with Crippen LogP contribution >= 0.6 is 0 Å². The van der Waals surface area contributed by atoms with Crippen LogP contribution in [0.3, 0.4) is 0 Å². The first-order chi connectivity index (χ1) is 36.6. The molecule has 17 heteroatoms. The number of aliphatic carboxylic acids is 2. The zero-order chi connectivity index (χ0) is 56.5. The molecule has 7 saturated carbocycles. The Balaban J connectivity index is 0.883. The zero-order valence-electron chi connectivity index (χ0n) is 47.5. The molecule has 0 amide bonds. The fraction of sp³-hybridized carbons (Fsp3) is 0.836. The third kappa shape index (κ3) is 7.31. The summed E-state index contributed by atoms with van der Waals surface area (Å²) in [6.45, 7) is 18.6. The number of rotatable bonds is 10. The van der Waals surface area contributed by atoms with E-state index in [0.717, 1.165) is 51.4 Å². The van der Waals surface area contributed by atoms with Gasteiger partial charge < -0.3 is 64.2 Å². The average Bonchev–Trinajstić information content (AvgIpc) is 2.09. The standard InChI is InChI=1S/C61H88O17/c1-30-23-32(75-51-48(74-10)46(66)45(65)47(76-51)49(67)68)25-41-56(6,52(70)71)27-55(5)37-13-18-53(3)36(57(37,7)31(2)24-40(55)58(30,41)8)15-20-59(28-62)38(53)14-19-54(4)39(59)16-21-60(29-63)42(54)26-33-35(77-60)12-11-34-44(33)50(69)78-61(34,72)22-17-43(64)73-9/h11-12,30-32,36-42,45-48,51,62-63,65-66,72H,13-29H2,1-10H3,(H,67,68)(H,70,71). The minimum Gasteiger partial charge on any atom is -0.484 e. The van der Waals surface area contributed by atoms with Crippen molar-refractivity contribution in [2.45, 2.75) is 200 Å².